The van der Waals surface area contributed by atoms with E-state index in [0.717, 1.165) is 19.9 Å². The molecule has 2 nitrogen and oxygen atoms in total. The van der Waals surface area contributed by atoms with Gasteiger partial charge in [0.2, 0.25) is 0 Å². The van der Waals surface area contributed by atoms with Crippen LogP contribution in [-0.4, -0.2) is 42.2 Å². The number of nitrogens with zero attached hydrogens (tertiary/aromatic N) is 1. The fourth-order valence-corrected chi connectivity index (χ4v) is 1.82. The number of likely N-dealkylation sites (tertiary alicyclic amines) is 1. The topological polar surface area (TPSA) is 23.5 Å². The van der Waals surface area contributed by atoms with Crippen molar-refractivity contribution in [3.05, 3.63) is 0 Å². The van der Waals surface area contributed by atoms with Gasteiger partial charge in [0.1, 0.15) is 6.10 Å². The molecule has 1 heterocycles. The molecule has 1 saturated heterocycles. The first-order valence-corrected chi connectivity index (χ1v) is 4.69. The van der Waals surface area contributed by atoms with Crippen molar-refractivity contribution in [3.63, 3.8) is 0 Å². The van der Waals surface area contributed by atoms with E-state index in [9.17, 15) is 8.78 Å². The Morgan fingerprint density at radius 2 is 2.15 bits per heavy atom. The lowest BCUT2D eigenvalue weighted by Gasteiger charge is -2.36. The molecule has 0 aliphatic carbocycles. The van der Waals surface area contributed by atoms with Gasteiger partial charge in [-0.05, 0) is 33.4 Å². The number of halogens is 2. The van der Waals surface area contributed by atoms with Crippen LogP contribution in [0.15, 0.2) is 0 Å². The number of hydrogen-bond donors (Lipinski definition) is 1. The summed E-state index contributed by atoms with van der Waals surface area (Å²) in [5.74, 6) is -3.62. The fourth-order valence-electron chi connectivity index (χ4n) is 1.82. The lowest BCUT2D eigenvalue weighted by atomic mass is 9.89. The standard InChI is InChI=1S/C9H17F2NO/c1-7(13)9(10,11)8-4-3-5-12(2)6-8/h7-8,13H,3-6H2,1-2H3. The minimum atomic E-state index is -2.94. The van der Waals surface area contributed by atoms with Crippen molar-refractivity contribution in [2.45, 2.75) is 31.8 Å². The van der Waals surface area contributed by atoms with E-state index in [2.05, 4.69) is 0 Å². The van der Waals surface area contributed by atoms with Crippen LogP contribution in [-0.2, 0) is 0 Å². The first kappa shape index (κ1) is 10.9. The highest BCUT2D eigenvalue weighted by atomic mass is 19.3. The van der Waals surface area contributed by atoms with Crippen molar-refractivity contribution >= 4 is 0 Å². The number of aliphatic hydroxyl groups excluding tert-OH is 1. The number of aliphatic hydroxyl groups is 1. The molecule has 0 aromatic rings. The Labute approximate surface area is 77.5 Å². The van der Waals surface area contributed by atoms with Crippen molar-refractivity contribution in [1.29, 1.82) is 0 Å². The van der Waals surface area contributed by atoms with Gasteiger partial charge in [-0.1, -0.05) is 0 Å². The van der Waals surface area contributed by atoms with E-state index >= 15 is 0 Å². The second kappa shape index (κ2) is 3.88. The van der Waals surface area contributed by atoms with Crippen LogP contribution in [0.1, 0.15) is 19.8 Å². The molecular formula is C9H17F2NO. The van der Waals surface area contributed by atoms with Gasteiger partial charge in [0.15, 0.2) is 0 Å². The smallest absolute Gasteiger partial charge is 0.277 e. The van der Waals surface area contributed by atoms with E-state index in [4.69, 9.17) is 5.11 Å². The molecule has 0 radical (unpaired) electrons. The summed E-state index contributed by atoms with van der Waals surface area (Å²) >= 11 is 0. The van der Waals surface area contributed by atoms with Gasteiger partial charge in [-0.15, -0.1) is 0 Å². The van der Waals surface area contributed by atoms with Crippen LogP contribution in [0.2, 0.25) is 0 Å². The number of rotatable bonds is 2. The number of piperidine rings is 1. The summed E-state index contributed by atoms with van der Waals surface area (Å²) in [5.41, 5.74) is 0. The zero-order valence-electron chi connectivity index (χ0n) is 8.13. The number of hydrogen-bond acceptors (Lipinski definition) is 2. The van der Waals surface area contributed by atoms with E-state index in [-0.39, 0.29) is 0 Å². The summed E-state index contributed by atoms with van der Waals surface area (Å²) < 4.78 is 26.7. The Bertz CT molecular complexity index is 173. The molecule has 1 aliphatic rings. The first-order valence-electron chi connectivity index (χ1n) is 4.69. The Kier molecular flexibility index (Phi) is 3.24. The highest BCUT2D eigenvalue weighted by Gasteiger charge is 2.45. The molecule has 13 heavy (non-hydrogen) atoms. The Morgan fingerprint density at radius 1 is 1.54 bits per heavy atom. The lowest BCUT2D eigenvalue weighted by molar-refractivity contribution is -0.152. The summed E-state index contributed by atoms with van der Waals surface area (Å²) in [5, 5.41) is 8.95. The second-order valence-electron chi connectivity index (χ2n) is 3.95. The Morgan fingerprint density at radius 3 is 2.62 bits per heavy atom. The summed E-state index contributed by atoms with van der Waals surface area (Å²) in [6.07, 6.45) is -0.227. The quantitative estimate of drug-likeness (QED) is 0.715. The van der Waals surface area contributed by atoms with E-state index in [1.54, 1.807) is 0 Å². The average Bonchev–Trinajstić information content (AvgIpc) is 2.04. The number of alkyl halides is 2. The largest absolute Gasteiger partial charge is 0.387 e. The summed E-state index contributed by atoms with van der Waals surface area (Å²) in [6, 6.07) is 0. The van der Waals surface area contributed by atoms with Crippen LogP contribution in [0.4, 0.5) is 8.78 Å². The van der Waals surface area contributed by atoms with E-state index < -0.39 is 17.9 Å². The van der Waals surface area contributed by atoms with Gasteiger partial charge in [0.25, 0.3) is 5.92 Å². The van der Waals surface area contributed by atoms with Crippen LogP contribution < -0.4 is 0 Å². The van der Waals surface area contributed by atoms with Crippen molar-refractivity contribution in [3.8, 4) is 0 Å². The van der Waals surface area contributed by atoms with Gasteiger partial charge in [0, 0.05) is 12.5 Å². The Hall–Kier alpha value is -0.220. The highest BCUT2D eigenvalue weighted by Crippen LogP contribution is 2.34. The maximum atomic E-state index is 13.3. The summed E-state index contributed by atoms with van der Waals surface area (Å²) in [4.78, 5) is 1.89. The van der Waals surface area contributed by atoms with Gasteiger partial charge in [0.05, 0.1) is 0 Å². The molecule has 78 valence electrons. The highest BCUT2D eigenvalue weighted by molar-refractivity contribution is 4.86. The minimum Gasteiger partial charge on any atom is -0.387 e. The maximum Gasteiger partial charge on any atom is 0.277 e. The molecule has 0 aromatic carbocycles. The van der Waals surface area contributed by atoms with Gasteiger partial charge in [-0.2, -0.15) is 0 Å². The fraction of sp³-hybridized carbons (Fsp3) is 1.00. The molecule has 0 amide bonds. The lowest BCUT2D eigenvalue weighted by Crippen LogP contribution is -2.47. The molecule has 0 bridgehead atoms. The second-order valence-corrected chi connectivity index (χ2v) is 3.95. The van der Waals surface area contributed by atoms with Crippen molar-refractivity contribution in [2.24, 2.45) is 5.92 Å². The zero-order valence-corrected chi connectivity index (χ0v) is 8.13. The summed E-state index contributed by atoms with van der Waals surface area (Å²) in [7, 11) is 1.84. The molecule has 0 spiro atoms. The predicted molar refractivity (Wildman–Crippen MR) is 46.8 cm³/mol. The van der Waals surface area contributed by atoms with Gasteiger partial charge in [-0.25, -0.2) is 8.78 Å². The molecule has 2 unspecified atom stereocenters. The molecule has 0 saturated carbocycles. The first-order chi connectivity index (χ1) is 5.94. The van der Waals surface area contributed by atoms with Crippen LogP contribution in [0.5, 0.6) is 0 Å². The third-order valence-electron chi connectivity index (χ3n) is 2.73. The van der Waals surface area contributed by atoms with Gasteiger partial charge in [-0.3, -0.25) is 0 Å². The Balaban J connectivity index is 2.59. The maximum absolute atomic E-state index is 13.3. The molecule has 1 aliphatic heterocycles. The summed E-state index contributed by atoms with van der Waals surface area (Å²) in [6.45, 7) is 2.43. The zero-order chi connectivity index (χ0) is 10.1. The van der Waals surface area contributed by atoms with Gasteiger partial charge >= 0.3 is 0 Å². The molecule has 1 rings (SSSR count). The molecular weight excluding hydrogens is 176 g/mol. The molecule has 2 atom stereocenters. The van der Waals surface area contributed by atoms with Crippen molar-refractivity contribution in [1.82, 2.24) is 4.90 Å². The van der Waals surface area contributed by atoms with E-state index in [1.165, 1.54) is 0 Å². The van der Waals surface area contributed by atoms with Crippen LogP contribution in [0.3, 0.4) is 0 Å². The predicted octanol–water partition coefficient (Wildman–Crippen LogP) is 1.34. The molecule has 4 heteroatoms. The SMILES string of the molecule is CC(O)C(F)(F)C1CCCN(C)C1. The van der Waals surface area contributed by atoms with Crippen molar-refractivity contribution in [2.75, 3.05) is 20.1 Å². The average molecular weight is 193 g/mol. The van der Waals surface area contributed by atoms with Crippen LogP contribution in [0, 0.1) is 5.92 Å². The van der Waals surface area contributed by atoms with E-state index in [0.29, 0.717) is 13.0 Å². The molecule has 1 fully saturated rings. The minimum absolute atomic E-state index is 0.387. The monoisotopic (exact) mass is 193 g/mol. The molecule has 1 N–H and O–H groups in total. The van der Waals surface area contributed by atoms with Gasteiger partial charge < -0.3 is 10.0 Å². The normalized spacial score (nSPS) is 28.8. The van der Waals surface area contributed by atoms with Crippen LogP contribution in [0.25, 0.3) is 0 Å². The third-order valence-corrected chi connectivity index (χ3v) is 2.73. The third kappa shape index (κ3) is 2.38. The van der Waals surface area contributed by atoms with E-state index in [1.807, 2.05) is 11.9 Å². The molecule has 0 aromatic heterocycles. The van der Waals surface area contributed by atoms with Crippen LogP contribution >= 0.6 is 0 Å². The van der Waals surface area contributed by atoms with Crippen molar-refractivity contribution < 1.29 is 13.9 Å².